The average molecular weight is 588 g/mol. The Labute approximate surface area is 234 Å². The maximum absolute atomic E-state index is 13.3. The lowest BCUT2D eigenvalue weighted by Gasteiger charge is -2.26. The van der Waals surface area contributed by atoms with Crippen molar-refractivity contribution in [2.24, 2.45) is 7.05 Å². The van der Waals surface area contributed by atoms with E-state index in [2.05, 4.69) is 37.1 Å². The summed E-state index contributed by atoms with van der Waals surface area (Å²) in [6, 6.07) is -2.51. The second-order valence-corrected chi connectivity index (χ2v) is 10.2. The standard InChI is InChI=1S/C25H24F3N9O3S/c1-4-5-8-36-22(39)18-19(34(3)24(36)40)31-13-37(18)14(2)20(38)32-17-12-41-21(33-17)15-10-29-23(30-11-15)35-9-6-7-16(35)25(26,27)28/h10-14,16H,6-9H2,1-3H3,(H,32,38)/t14-,16?/m0/s1. The largest absolute Gasteiger partial charge is 0.408 e. The molecule has 214 valence electrons. The number of nitrogens with one attached hydrogen (secondary N) is 1. The molecule has 1 aliphatic heterocycles. The highest BCUT2D eigenvalue weighted by molar-refractivity contribution is 7.13. The number of carbonyl (C=O) groups excluding carboxylic acids is 1. The molecule has 1 saturated heterocycles. The first kappa shape index (κ1) is 28.0. The Morgan fingerprint density at radius 3 is 2.66 bits per heavy atom. The molecule has 5 heterocycles. The van der Waals surface area contributed by atoms with Crippen LogP contribution >= 0.6 is 11.3 Å². The molecule has 1 fully saturated rings. The fraction of sp³-hybridized carbons (Fsp3) is 0.400. The van der Waals surface area contributed by atoms with Crippen LogP contribution in [0.25, 0.3) is 21.7 Å². The number of carbonyl (C=O) groups is 1. The first-order valence-electron chi connectivity index (χ1n) is 12.5. The van der Waals surface area contributed by atoms with Gasteiger partial charge in [0.15, 0.2) is 11.2 Å². The number of nitrogens with zero attached hydrogens (tertiary/aromatic N) is 8. The number of fused-ring (bicyclic) bond motifs is 1. The van der Waals surface area contributed by atoms with Gasteiger partial charge in [-0.3, -0.25) is 14.2 Å². The predicted molar refractivity (Wildman–Crippen MR) is 146 cm³/mol. The molecular weight excluding hydrogens is 563 g/mol. The van der Waals surface area contributed by atoms with Gasteiger partial charge in [0.05, 0.1) is 12.9 Å². The molecule has 0 radical (unpaired) electrons. The number of imidazole rings is 1. The van der Waals surface area contributed by atoms with Crippen molar-refractivity contribution in [2.45, 2.75) is 51.5 Å². The third-order valence-electron chi connectivity index (χ3n) is 6.80. The van der Waals surface area contributed by atoms with Crippen LogP contribution in [0.1, 0.15) is 32.7 Å². The molecule has 1 unspecified atom stereocenters. The molecule has 1 aliphatic rings. The molecule has 0 saturated carbocycles. The van der Waals surface area contributed by atoms with Gasteiger partial charge in [-0.15, -0.1) is 17.3 Å². The van der Waals surface area contributed by atoms with Crippen LogP contribution in [-0.2, 0) is 18.4 Å². The van der Waals surface area contributed by atoms with Crippen LogP contribution in [0.4, 0.5) is 24.9 Å². The SMILES string of the molecule is CC#CCn1c(=O)c2c(ncn2[C@@H](C)C(=O)Nc2csc(-c3cnc(N4CCCC4C(F)(F)F)nc3)n2)n(C)c1=O. The number of hydrogen-bond acceptors (Lipinski definition) is 9. The van der Waals surface area contributed by atoms with E-state index in [4.69, 9.17) is 0 Å². The fourth-order valence-electron chi connectivity index (χ4n) is 4.63. The average Bonchev–Trinajstić information content (AvgIpc) is 3.71. The first-order chi connectivity index (χ1) is 19.5. The molecule has 2 atom stereocenters. The lowest BCUT2D eigenvalue weighted by Crippen LogP contribution is -2.42. The van der Waals surface area contributed by atoms with Crippen LogP contribution in [0.2, 0.25) is 0 Å². The second-order valence-electron chi connectivity index (χ2n) is 9.35. The number of aryl methyl sites for hydroxylation is 1. The summed E-state index contributed by atoms with van der Waals surface area (Å²) in [6.07, 6.45) is 0.158. The second kappa shape index (κ2) is 10.8. The zero-order chi connectivity index (χ0) is 29.5. The molecule has 41 heavy (non-hydrogen) atoms. The summed E-state index contributed by atoms with van der Waals surface area (Å²) in [6.45, 7) is 3.29. The Morgan fingerprint density at radius 2 is 1.98 bits per heavy atom. The van der Waals surface area contributed by atoms with E-state index in [0.717, 1.165) is 9.47 Å². The van der Waals surface area contributed by atoms with Gasteiger partial charge < -0.3 is 14.8 Å². The Balaban J connectivity index is 1.34. The van der Waals surface area contributed by atoms with E-state index in [1.165, 1.54) is 46.2 Å². The van der Waals surface area contributed by atoms with Gasteiger partial charge in [0.2, 0.25) is 11.9 Å². The third-order valence-corrected chi connectivity index (χ3v) is 7.69. The number of anilines is 2. The zero-order valence-corrected chi connectivity index (χ0v) is 23.0. The Hall–Kier alpha value is -4.52. The van der Waals surface area contributed by atoms with Gasteiger partial charge in [0, 0.05) is 36.9 Å². The molecule has 1 N–H and O–H groups in total. The van der Waals surface area contributed by atoms with Gasteiger partial charge in [-0.1, -0.05) is 5.92 Å². The number of halogens is 3. The van der Waals surface area contributed by atoms with Gasteiger partial charge >= 0.3 is 11.9 Å². The number of amides is 1. The number of rotatable bonds is 6. The number of alkyl halides is 3. The van der Waals surface area contributed by atoms with Crippen LogP contribution in [0.5, 0.6) is 0 Å². The smallest absolute Gasteiger partial charge is 0.329 e. The molecule has 1 amide bonds. The molecule has 4 aromatic rings. The van der Waals surface area contributed by atoms with Crippen LogP contribution < -0.4 is 21.5 Å². The minimum absolute atomic E-state index is 0.000756. The summed E-state index contributed by atoms with van der Waals surface area (Å²) < 4.78 is 43.5. The van der Waals surface area contributed by atoms with Gasteiger partial charge in [0.25, 0.3) is 5.56 Å². The number of aromatic nitrogens is 7. The monoisotopic (exact) mass is 587 g/mol. The summed E-state index contributed by atoms with van der Waals surface area (Å²) in [4.78, 5) is 56.8. The van der Waals surface area contributed by atoms with Crippen molar-refractivity contribution >= 4 is 40.2 Å². The lowest BCUT2D eigenvalue weighted by atomic mass is 10.2. The van der Waals surface area contributed by atoms with Crippen molar-refractivity contribution in [2.75, 3.05) is 16.8 Å². The minimum Gasteiger partial charge on any atom is -0.329 e. The quantitative estimate of drug-likeness (QED) is 0.341. The Morgan fingerprint density at radius 1 is 1.24 bits per heavy atom. The number of thiazole rings is 1. The van der Waals surface area contributed by atoms with Crippen LogP contribution in [0.3, 0.4) is 0 Å². The van der Waals surface area contributed by atoms with E-state index in [1.807, 2.05) is 0 Å². The molecule has 0 aliphatic carbocycles. The highest BCUT2D eigenvalue weighted by atomic mass is 32.1. The summed E-state index contributed by atoms with van der Waals surface area (Å²) in [5.41, 5.74) is -0.491. The summed E-state index contributed by atoms with van der Waals surface area (Å²) >= 11 is 1.19. The lowest BCUT2D eigenvalue weighted by molar-refractivity contribution is -0.146. The van der Waals surface area contributed by atoms with Crippen molar-refractivity contribution in [1.82, 2.24) is 33.6 Å². The normalized spacial score (nSPS) is 16.0. The Bertz CT molecular complexity index is 1790. The molecule has 0 spiro atoms. The Kier molecular flexibility index (Phi) is 7.39. The highest BCUT2D eigenvalue weighted by Gasteiger charge is 2.46. The minimum atomic E-state index is -4.36. The van der Waals surface area contributed by atoms with Crippen molar-refractivity contribution in [1.29, 1.82) is 0 Å². The maximum atomic E-state index is 13.3. The fourth-order valence-corrected chi connectivity index (χ4v) is 5.35. The number of hydrogen-bond donors (Lipinski definition) is 1. The van der Waals surface area contributed by atoms with Gasteiger partial charge in [-0.05, 0) is 26.7 Å². The first-order valence-corrected chi connectivity index (χ1v) is 13.4. The molecule has 0 bridgehead atoms. The van der Waals surface area contributed by atoms with E-state index in [-0.39, 0.29) is 42.4 Å². The molecular formula is C25H24F3N9O3S. The van der Waals surface area contributed by atoms with Gasteiger partial charge in [-0.25, -0.2) is 29.3 Å². The molecule has 5 rings (SSSR count). The van der Waals surface area contributed by atoms with Crippen molar-refractivity contribution in [3.63, 3.8) is 0 Å². The molecule has 16 heteroatoms. The van der Waals surface area contributed by atoms with Crippen LogP contribution in [-0.4, -0.2) is 58.3 Å². The van der Waals surface area contributed by atoms with E-state index >= 15 is 0 Å². The third kappa shape index (κ3) is 5.20. The molecule has 4 aromatic heterocycles. The van der Waals surface area contributed by atoms with E-state index in [1.54, 1.807) is 19.2 Å². The van der Waals surface area contributed by atoms with E-state index in [9.17, 15) is 27.6 Å². The predicted octanol–water partition coefficient (Wildman–Crippen LogP) is 2.56. The summed E-state index contributed by atoms with van der Waals surface area (Å²) in [5, 5.41) is 4.75. The van der Waals surface area contributed by atoms with E-state index in [0.29, 0.717) is 17.0 Å². The summed E-state index contributed by atoms with van der Waals surface area (Å²) in [7, 11) is 1.48. The van der Waals surface area contributed by atoms with E-state index < -0.39 is 35.4 Å². The maximum Gasteiger partial charge on any atom is 0.408 e. The summed E-state index contributed by atoms with van der Waals surface area (Å²) in [5.74, 6) is 5.09. The van der Waals surface area contributed by atoms with Crippen molar-refractivity contribution < 1.29 is 18.0 Å². The van der Waals surface area contributed by atoms with Gasteiger partial charge in [-0.2, -0.15) is 13.2 Å². The van der Waals surface area contributed by atoms with Crippen molar-refractivity contribution in [3.8, 4) is 22.4 Å². The van der Waals surface area contributed by atoms with Crippen molar-refractivity contribution in [3.05, 3.63) is 44.9 Å². The van der Waals surface area contributed by atoms with Gasteiger partial charge in [0.1, 0.15) is 22.9 Å². The van der Waals surface area contributed by atoms with Crippen LogP contribution in [0.15, 0.2) is 33.7 Å². The van der Waals surface area contributed by atoms with Crippen LogP contribution in [0, 0.1) is 11.8 Å². The topological polar surface area (TPSA) is 133 Å². The highest BCUT2D eigenvalue weighted by Crippen LogP contribution is 2.35. The molecule has 0 aromatic carbocycles. The molecule has 12 nitrogen and oxygen atoms in total. The zero-order valence-electron chi connectivity index (χ0n) is 22.1.